The number of hydrogen-bond donors (Lipinski definition) is 2. The van der Waals surface area contributed by atoms with Gasteiger partial charge in [0, 0.05) is 23.8 Å². The Morgan fingerprint density at radius 3 is 1.74 bits per heavy atom. The summed E-state index contributed by atoms with van der Waals surface area (Å²) in [5, 5.41) is 27.4. The van der Waals surface area contributed by atoms with Gasteiger partial charge in [-0.2, -0.15) is 5.26 Å². The second kappa shape index (κ2) is 12.0. The maximum absolute atomic E-state index is 12.1. The number of aromatic nitrogens is 2. The minimum atomic E-state index is -1.26. The molecule has 2 aromatic heterocycles. The maximum atomic E-state index is 12.1. The summed E-state index contributed by atoms with van der Waals surface area (Å²) in [5.74, 6) is -2.99. The van der Waals surface area contributed by atoms with Crippen LogP contribution in [0.25, 0.3) is 11.4 Å². The van der Waals surface area contributed by atoms with Crippen molar-refractivity contribution >= 4 is 17.9 Å². The standard InChI is InChI=1S/C16H16N2O2.C14H13NO4/c1-4-20-16(19)15-13(10-17)7-8-18(15)14-6-5-11(2)9-12(14)3;1-8-3-4-11(9(2)7-8)15-6-5-10(13(16)17)12(15)14(18)19/h5-9H,4H2,1-3H3;3-7H,1-2H3,(H,16,17)(H,18,19). The lowest BCUT2D eigenvalue weighted by Crippen LogP contribution is -2.13. The van der Waals surface area contributed by atoms with Gasteiger partial charge in [-0.05, 0) is 70.0 Å². The molecule has 39 heavy (non-hydrogen) atoms. The first-order valence-electron chi connectivity index (χ1n) is 12.1. The molecule has 200 valence electrons. The van der Waals surface area contributed by atoms with E-state index in [2.05, 4.69) is 0 Å². The molecule has 9 nitrogen and oxygen atoms in total. The molecule has 0 amide bonds. The van der Waals surface area contributed by atoms with Crippen LogP contribution in [0.3, 0.4) is 0 Å². The van der Waals surface area contributed by atoms with Crippen LogP contribution in [0, 0.1) is 39.0 Å². The summed E-state index contributed by atoms with van der Waals surface area (Å²) >= 11 is 0. The van der Waals surface area contributed by atoms with Crippen molar-refractivity contribution in [1.82, 2.24) is 9.13 Å². The first kappa shape index (κ1) is 28.5. The van der Waals surface area contributed by atoms with Crippen molar-refractivity contribution in [2.24, 2.45) is 0 Å². The van der Waals surface area contributed by atoms with E-state index in [0.717, 1.165) is 27.9 Å². The Labute approximate surface area is 226 Å². The molecule has 0 spiro atoms. The Bertz CT molecular complexity index is 1600. The Morgan fingerprint density at radius 2 is 1.31 bits per heavy atom. The number of hydrogen-bond acceptors (Lipinski definition) is 5. The first-order chi connectivity index (χ1) is 18.5. The van der Waals surface area contributed by atoms with Crippen molar-refractivity contribution in [1.29, 1.82) is 5.26 Å². The molecule has 0 unspecified atom stereocenters. The average molecular weight is 528 g/mol. The summed E-state index contributed by atoms with van der Waals surface area (Å²) in [6.07, 6.45) is 3.19. The third kappa shape index (κ3) is 6.08. The SMILES string of the molecule is CCOC(=O)c1c(C#N)ccn1-c1ccc(C)cc1C.Cc1ccc(-n2ccc(C(=O)O)c2C(=O)O)c(C)c1. The largest absolute Gasteiger partial charge is 0.478 e. The zero-order valence-electron chi connectivity index (χ0n) is 22.3. The molecule has 9 heteroatoms. The minimum Gasteiger partial charge on any atom is -0.478 e. The molecule has 0 aliphatic rings. The average Bonchev–Trinajstić information content (AvgIpc) is 3.49. The van der Waals surface area contributed by atoms with E-state index >= 15 is 0 Å². The second-order valence-electron chi connectivity index (χ2n) is 8.92. The van der Waals surface area contributed by atoms with Crippen LogP contribution < -0.4 is 0 Å². The number of esters is 1. The van der Waals surface area contributed by atoms with Crippen LogP contribution in [0.15, 0.2) is 60.9 Å². The molecular weight excluding hydrogens is 498 g/mol. The van der Waals surface area contributed by atoms with Crippen LogP contribution in [-0.2, 0) is 4.74 Å². The number of carbonyl (C=O) groups excluding carboxylic acids is 1. The Kier molecular flexibility index (Phi) is 8.73. The summed E-state index contributed by atoms with van der Waals surface area (Å²) in [4.78, 5) is 34.4. The number of ether oxygens (including phenoxy) is 1. The number of carboxylic acid groups (broad SMARTS) is 2. The summed E-state index contributed by atoms with van der Waals surface area (Å²) < 4.78 is 8.15. The van der Waals surface area contributed by atoms with Crippen molar-refractivity contribution < 1.29 is 29.3 Å². The highest BCUT2D eigenvalue weighted by Gasteiger charge is 2.22. The van der Waals surface area contributed by atoms with Crippen LogP contribution >= 0.6 is 0 Å². The predicted molar refractivity (Wildman–Crippen MR) is 145 cm³/mol. The Hall–Kier alpha value is -5.10. The number of carboxylic acids is 2. The third-order valence-electron chi connectivity index (χ3n) is 6.02. The van der Waals surface area contributed by atoms with Gasteiger partial charge in [0.25, 0.3) is 0 Å². The van der Waals surface area contributed by atoms with E-state index in [9.17, 15) is 19.5 Å². The molecule has 0 radical (unpaired) electrons. The van der Waals surface area contributed by atoms with Gasteiger partial charge >= 0.3 is 17.9 Å². The van der Waals surface area contributed by atoms with Gasteiger partial charge in [0.15, 0.2) is 0 Å². The van der Waals surface area contributed by atoms with E-state index in [1.54, 1.807) is 29.8 Å². The van der Waals surface area contributed by atoms with E-state index in [0.29, 0.717) is 11.3 Å². The topological polar surface area (TPSA) is 135 Å². The molecule has 0 atom stereocenters. The van der Waals surface area contributed by atoms with E-state index in [1.165, 1.54) is 16.8 Å². The first-order valence-corrected chi connectivity index (χ1v) is 12.1. The summed E-state index contributed by atoms with van der Waals surface area (Å²) in [7, 11) is 0. The van der Waals surface area contributed by atoms with Crippen molar-refractivity contribution in [3.8, 4) is 17.4 Å². The van der Waals surface area contributed by atoms with Crippen LogP contribution in [0.4, 0.5) is 0 Å². The van der Waals surface area contributed by atoms with Crippen molar-refractivity contribution in [3.63, 3.8) is 0 Å². The second-order valence-corrected chi connectivity index (χ2v) is 8.92. The van der Waals surface area contributed by atoms with Gasteiger partial charge in [-0.15, -0.1) is 0 Å². The van der Waals surface area contributed by atoms with Gasteiger partial charge in [0.05, 0.1) is 17.7 Å². The lowest BCUT2D eigenvalue weighted by Gasteiger charge is -2.12. The predicted octanol–water partition coefficient (Wildman–Crippen LogP) is 5.63. The van der Waals surface area contributed by atoms with E-state index < -0.39 is 17.9 Å². The highest BCUT2D eigenvalue weighted by molar-refractivity contribution is 6.01. The zero-order valence-corrected chi connectivity index (χ0v) is 22.3. The summed E-state index contributed by atoms with van der Waals surface area (Å²) in [5.41, 5.74) is 5.82. The Balaban J connectivity index is 0.000000216. The van der Waals surface area contributed by atoms with Gasteiger partial charge in [-0.25, -0.2) is 14.4 Å². The monoisotopic (exact) mass is 527 g/mol. The van der Waals surface area contributed by atoms with Gasteiger partial charge in [0.1, 0.15) is 17.5 Å². The Morgan fingerprint density at radius 1 is 0.795 bits per heavy atom. The van der Waals surface area contributed by atoms with Crippen molar-refractivity contribution in [2.45, 2.75) is 34.6 Å². The smallest absolute Gasteiger partial charge is 0.356 e. The highest BCUT2D eigenvalue weighted by atomic mass is 16.5. The molecule has 2 heterocycles. The third-order valence-corrected chi connectivity index (χ3v) is 6.02. The molecule has 0 fully saturated rings. The molecule has 4 aromatic rings. The lowest BCUT2D eigenvalue weighted by atomic mass is 10.1. The molecule has 0 bridgehead atoms. The van der Waals surface area contributed by atoms with Crippen LogP contribution in [0.2, 0.25) is 0 Å². The number of nitrogens with zero attached hydrogens (tertiary/aromatic N) is 3. The quantitative estimate of drug-likeness (QED) is 0.310. The van der Waals surface area contributed by atoms with Gasteiger partial charge < -0.3 is 24.1 Å². The molecule has 2 aromatic carbocycles. The fraction of sp³-hybridized carbons (Fsp3) is 0.200. The molecule has 0 saturated heterocycles. The van der Waals surface area contributed by atoms with Gasteiger partial charge in [0.2, 0.25) is 0 Å². The minimum absolute atomic E-state index is 0.215. The number of benzene rings is 2. The summed E-state index contributed by atoms with van der Waals surface area (Å²) in [6.45, 7) is 9.81. The zero-order chi connectivity index (χ0) is 28.9. The number of aromatic carboxylic acids is 2. The lowest BCUT2D eigenvalue weighted by molar-refractivity contribution is 0.0516. The molecule has 0 aliphatic heterocycles. The van der Waals surface area contributed by atoms with E-state index in [4.69, 9.17) is 15.1 Å². The molecule has 0 saturated carbocycles. The van der Waals surface area contributed by atoms with Crippen molar-refractivity contribution in [2.75, 3.05) is 6.61 Å². The molecule has 0 aliphatic carbocycles. The number of aryl methyl sites for hydroxylation is 4. The van der Waals surface area contributed by atoms with Crippen LogP contribution in [0.1, 0.15) is 66.1 Å². The maximum Gasteiger partial charge on any atom is 0.356 e. The van der Waals surface area contributed by atoms with Crippen LogP contribution in [-0.4, -0.2) is 43.9 Å². The summed E-state index contributed by atoms with van der Waals surface area (Å²) in [6, 6.07) is 16.5. The number of rotatable bonds is 6. The number of nitriles is 1. The fourth-order valence-electron chi connectivity index (χ4n) is 4.31. The van der Waals surface area contributed by atoms with Crippen LogP contribution in [0.5, 0.6) is 0 Å². The van der Waals surface area contributed by atoms with E-state index in [-0.39, 0.29) is 23.6 Å². The molecule has 4 rings (SSSR count). The van der Waals surface area contributed by atoms with Gasteiger partial charge in [-0.1, -0.05) is 35.4 Å². The van der Waals surface area contributed by atoms with Crippen molar-refractivity contribution in [3.05, 3.63) is 106 Å². The number of carbonyl (C=O) groups is 3. The normalized spacial score (nSPS) is 10.3. The molecule has 2 N–H and O–H groups in total. The fourth-order valence-corrected chi connectivity index (χ4v) is 4.31. The molecular formula is C30H29N3O6. The highest BCUT2D eigenvalue weighted by Crippen LogP contribution is 2.23. The van der Waals surface area contributed by atoms with Gasteiger partial charge in [-0.3, -0.25) is 0 Å². The van der Waals surface area contributed by atoms with E-state index in [1.807, 2.05) is 64.1 Å².